The van der Waals surface area contributed by atoms with Crippen LogP contribution in [-0.4, -0.2) is 30.2 Å². The first-order chi connectivity index (χ1) is 8.18. The maximum atomic E-state index is 10.2. The molecule has 0 bridgehead atoms. The van der Waals surface area contributed by atoms with Gasteiger partial charge < -0.3 is 10.0 Å². The zero-order valence-electron chi connectivity index (χ0n) is 10.9. The molecule has 94 valence electrons. The van der Waals surface area contributed by atoms with Crippen LogP contribution in [0.15, 0.2) is 24.3 Å². The molecule has 2 unspecified atom stereocenters. The molecule has 1 fully saturated rings. The van der Waals surface area contributed by atoms with Crippen molar-refractivity contribution in [1.82, 2.24) is 4.90 Å². The third-order valence-electron chi connectivity index (χ3n) is 3.67. The first kappa shape index (κ1) is 12.6. The van der Waals surface area contributed by atoms with Gasteiger partial charge in [0.25, 0.3) is 0 Å². The van der Waals surface area contributed by atoms with Gasteiger partial charge in [0.05, 0.1) is 6.10 Å². The van der Waals surface area contributed by atoms with Gasteiger partial charge in [0, 0.05) is 12.5 Å². The number of hydrogen-bond donors (Lipinski definition) is 1. The van der Waals surface area contributed by atoms with Crippen molar-refractivity contribution < 1.29 is 5.11 Å². The Labute approximate surface area is 104 Å². The molecule has 0 saturated heterocycles. The van der Waals surface area contributed by atoms with Gasteiger partial charge in [-0.15, -0.1) is 0 Å². The van der Waals surface area contributed by atoms with Crippen LogP contribution >= 0.6 is 0 Å². The molecule has 0 aromatic heterocycles. The Balaban J connectivity index is 2.23. The molecule has 1 N–H and O–H groups in total. The lowest BCUT2D eigenvalue weighted by atomic mass is 9.80. The average molecular weight is 233 g/mol. The quantitative estimate of drug-likeness (QED) is 0.867. The SMILES string of the molecule is CN(C)Cc1ccccc1C1CCCCC1O. The van der Waals surface area contributed by atoms with E-state index in [4.69, 9.17) is 0 Å². The summed E-state index contributed by atoms with van der Waals surface area (Å²) in [5.74, 6) is 0.347. The molecule has 1 aromatic carbocycles. The monoisotopic (exact) mass is 233 g/mol. The number of nitrogens with zero attached hydrogens (tertiary/aromatic N) is 1. The summed E-state index contributed by atoms with van der Waals surface area (Å²) in [5, 5.41) is 10.2. The molecule has 2 nitrogen and oxygen atoms in total. The molecule has 2 atom stereocenters. The highest BCUT2D eigenvalue weighted by molar-refractivity contribution is 5.31. The van der Waals surface area contributed by atoms with E-state index in [0.717, 1.165) is 19.4 Å². The second-order valence-corrected chi connectivity index (χ2v) is 5.39. The largest absolute Gasteiger partial charge is 0.392 e. The maximum Gasteiger partial charge on any atom is 0.0608 e. The van der Waals surface area contributed by atoms with Crippen molar-refractivity contribution in [3.8, 4) is 0 Å². The molecule has 1 aromatic rings. The van der Waals surface area contributed by atoms with Gasteiger partial charge in [-0.1, -0.05) is 37.1 Å². The Morgan fingerprint density at radius 1 is 1.18 bits per heavy atom. The maximum absolute atomic E-state index is 10.2. The number of aliphatic hydroxyl groups is 1. The van der Waals surface area contributed by atoms with Gasteiger partial charge in [0.15, 0.2) is 0 Å². The normalized spacial score (nSPS) is 25.2. The summed E-state index contributed by atoms with van der Waals surface area (Å²) < 4.78 is 0. The fraction of sp³-hybridized carbons (Fsp3) is 0.600. The van der Waals surface area contributed by atoms with E-state index in [1.54, 1.807) is 0 Å². The molecule has 0 radical (unpaired) electrons. The molecular formula is C15H23NO. The fourth-order valence-corrected chi connectivity index (χ4v) is 2.85. The predicted octanol–water partition coefficient (Wildman–Crippen LogP) is 2.77. The molecule has 2 rings (SSSR count). The van der Waals surface area contributed by atoms with Crippen LogP contribution in [0.4, 0.5) is 0 Å². The van der Waals surface area contributed by atoms with E-state index < -0.39 is 0 Å². The van der Waals surface area contributed by atoms with Crippen molar-refractivity contribution in [1.29, 1.82) is 0 Å². The van der Waals surface area contributed by atoms with Crippen molar-refractivity contribution >= 4 is 0 Å². The van der Waals surface area contributed by atoms with E-state index in [9.17, 15) is 5.11 Å². The number of aliphatic hydroxyl groups excluding tert-OH is 1. The zero-order chi connectivity index (χ0) is 12.3. The second-order valence-electron chi connectivity index (χ2n) is 5.39. The topological polar surface area (TPSA) is 23.5 Å². The highest BCUT2D eigenvalue weighted by atomic mass is 16.3. The minimum atomic E-state index is -0.146. The van der Waals surface area contributed by atoms with Gasteiger partial charge in [-0.05, 0) is 38.1 Å². The van der Waals surface area contributed by atoms with Crippen LogP contribution in [-0.2, 0) is 6.54 Å². The highest BCUT2D eigenvalue weighted by Crippen LogP contribution is 2.34. The lowest BCUT2D eigenvalue weighted by molar-refractivity contribution is 0.105. The summed E-state index contributed by atoms with van der Waals surface area (Å²) in [4.78, 5) is 2.19. The lowest BCUT2D eigenvalue weighted by Gasteiger charge is -2.30. The van der Waals surface area contributed by atoms with E-state index in [1.165, 1.54) is 24.0 Å². The first-order valence-electron chi connectivity index (χ1n) is 6.59. The summed E-state index contributed by atoms with van der Waals surface area (Å²) >= 11 is 0. The van der Waals surface area contributed by atoms with E-state index in [2.05, 4.69) is 43.3 Å². The van der Waals surface area contributed by atoms with Crippen molar-refractivity contribution in [3.05, 3.63) is 35.4 Å². The van der Waals surface area contributed by atoms with Crippen LogP contribution in [0.25, 0.3) is 0 Å². The molecule has 1 saturated carbocycles. The molecule has 1 aliphatic carbocycles. The van der Waals surface area contributed by atoms with Gasteiger partial charge in [-0.3, -0.25) is 0 Å². The van der Waals surface area contributed by atoms with E-state index in [0.29, 0.717) is 5.92 Å². The van der Waals surface area contributed by atoms with E-state index >= 15 is 0 Å². The third kappa shape index (κ3) is 3.08. The smallest absolute Gasteiger partial charge is 0.0608 e. The average Bonchev–Trinajstić information content (AvgIpc) is 2.30. The van der Waals surface area contributed by atoms with E-state index in [-0.39, 0.29) is 6.10 Å². The molecule has 0 amide bonds. The van der Waals surface area contributed by atoms with E-state index in [1.807, 2.05) is 0 Å². The Hall–Kier alpha value is -0.860. The molecule has 2 heteroatoms. The number of hydrogen-bond acceptors (Lipinski definition) is 2. The van der Waals surface area contributed by atoms with Crippen molar-refractivity contribution in [2.75, 3.05) is 14.1 Å². The molecule has 17 heavy (non-hydrogen) atoms. The zero-order valence-corrected chi connectivity index (χ0v) is 10.9. The minimum Gasteiger partial charge on any atom is -0.392 e. The van der Waals surface area contributed by atoms with Crippen LogP contribution in [0, 0.1) is 0 Å². The molecule has 0 aliphatic heterocycles. The van der Waals surface area contributed by atoms with Crippen LogP contribution in [0.3, 0.4) is 0 Å². The minimum absolute atomic E-state index is 0.146. The van der Waals surface area contributed by atoms with Crippen LogP contribution in [0.5, 0.6) is 0 Å². The van der Waals surface area contributed by atoms with Crippen molar-refractivity contribution in [2.45, 2.75) is 44.2 Å². The Bertz CT molecular complexity index is 362. The third-order valence-corrected chi connectivity index (χ3v) is 3.67. The molecule has 1 aliphatic rings. The highest BCUT2D eigenvalue weighted by Gasteiger charge is 2.26. The summed E-state index contributed by atoms with van der Waals surface area (Å²) in [5.41, 5.74) is 2.72. The number of rotatable bonds is 3. The van der Waals surface area contributed by atoms with Gasteiger partial charge in [-0.2, -0.15) is 0 Å². The van der Waals surface area contributed by atoms with Gasteiger partial charge >= 0.3 is 0 Å². The van der Waals surface area contributed by atoms with Crippen LogP contribution < -0.4 is 0 Å². The molecule has 0 spiro atoms. The summed E-state index contributed by atoms with van der Waals surface area (Å²) in [6.45, 7) is 0.958. The fourth-order valence-electron chi connectivity index (χ4n) is 2.85. The van der Waals surface area contributed by atoms with Gasteiger partial charge in [-0.25, -0.2) is 0 Å². The Morgan fingerprint density at radius 2 is 1.88 bits per heavy atom. The lowest BCUT2D eigenvalue weighted by Crippen LogP contribution is -2.24. The summed E-state index contributed by atoms with van der Waals surface area (Å²) in [6, 6.07) is 8.57. The standard InChI is InChI=1S/C15H23NO/c1-16(2)11-12-7-3-4-8-13(12)14-9-5-6-10-15(14)17/h3-4,7-8,14-15,17H,5-6,9-11H2,1-2H3. The van der Waals surface area contributed by atoms with Crippen LogP contribution in [0.1, 0.15) is 42.7 Å². The van der Waals surface area contributed by atoms with Crippen molar-refractivity contribution in [3.63, 3.8) is 0 Å². The first-order valence-corrected chi connectivity index (χ1v) is 6.59. The summed E-state index contributed by atoms with van der Waals surface area (Å²) in [7, 11) is 4.18. The number of benzene rings is 1. The second kappa shape index (κ2) is 5.65. The van der Waals surface area contributed by atoms with Crippen molar-refractivity contribution in [2.24, 2.45) is 0 Å². The molecular weight excluding hydrogens is 210 g/mol. The van der Waals surface area contributed by atoms with Crippen LogP contribution in [0.2, 0.25) is 0 Å². The van der Waals surface area contributed by atoms with Gasteiger partial charge in [0.1, 0.15) is 0 Å². The predicted molar refractivity (Wildman–Crippen MR) is 71.0 cm³/mol. The Morgan fingerprint density at radius 3 is 2.59 bits per heavy atom. The van der Waals surface area contributed by atoms with Gasteiger partial charge in [0.2, 0.25) is 0 Å². The molecule has 0 heterocycles. The summed E-state index contributed by atoms with van der Waals surface area (Å²) in [6.07, 6.45) is 4.37. The Kier molecular flexibility index (Phi) is 4.19.